The average molecular weight is 332 g/mol. The summed E-state index contributed by atoms with van der Waals surface area (Å²) in [5, 5.41) is 5.56. The minimum atomic E-state index is -0.135. The van der Waals surface area contributed by atoms with Crippen LogP contribution in [0.2, 0.25) is 0 Å². The third-order valence-corrected chi connectivity index (χ3v) is 4.80. The Bertz CT molecular complexity index is 678. The van der Waals surface area contributed by atoms with Gasteiger partial charge in [0.15, 0.2) is 0 Å². The molecule has 3 rings (SSSR count). The maximum Gasteiger partial charge on any atom is 0.239 e. The molecule has 0 saturated heterocycles. The second-order valence-electron chi connectivity index (χ2n) is 5.71. The number of thioether (sulfide) groups is 1. The Labute approximate surface area is 138 Å². The molecule has 0 bridgehead atoms. The summed E-state index contributed by atoms with van der Waals surface area (Å²) < 4.78 is 0. The molecule has 0 aliphatic heterocycles. The van der Waals surface area contributed by atoms with Gasteiger partial charge in [0.05, 0.1) is 28.6 Å². The number of carbonyl (C=O) groups excluding carboxylic acids is 2. The van der Waals surface area contributed by atoms with E-state index >= 15 is 0 Å². The van der Waals surface area contributed by atoms with Crippen LogP contribution in [0.15, 0.2) is 24.3 Å². The van der Waals surface area contributed by atoms with Gasteiger partial charge in [0, 0.05) is 6.04 Å². The van der Waals surface area contributed by atoms with Crippen LogP contribution in [-0.4, -0.2) is 40.1 Å². The van der Waals surface area contributed by atoms with E-state index < -0.39 is 0 Å². The molecule has 1 aromatic heterocycles. The fourth-order valence-corrected chi connectivity index (χ4v) is 2.95. The molecule has 23 heavy (non-hydrogen) atoms. The predicted molar refractivity (Wildman–Crippen MR) is 91.1 cm³/mol. The molecule has 0 spiro atoms. The van der Waals surface area contributed by atoms with E-state index in [9.17, 15) is 9.59 Å². The monoisotopic (exact) mass is 332 g/mol. The number of H-pyrrole nitrogens is 1. The Kier molecular flexibility index (Phi) is 4.85. The van der Waals surface area contributed by atoms with Crippen LogP contribution in [0, 0.1) is 0 Å². The molecule has 6 nitrogen and oxygen atoms in total. The number of para-hydroxylation sites is 2. The van der Waals surface area contributed by atoms with Crippen molar-refractivity contribution in [3.8, 4) is 0 Å². The Morgan fingerprint density at radius 3 is 2.87 bits per heavy atom. The van der Waals surface area contributed by atoms with Gasteiger partial charge in [-0.15, -0.1) is 11.8 Å². The standard InChI is InChI=1S/C16H20N4O2S/c1-10(16-19-12-4-2-3-5-13(12)20-16)23-9-15(22)17-8-14(21)18-11-6-7-11/h2-5,10-11H,6-9H2,1H3,(H,17,22)(H,18,21)(H,19,20)/t10-/m0/s1. The molecule has 2 aromatic rings. The summed E-state index contributed by atoms with van der Waals surface area (Å²) in [7, 11) is 0. The second kappa shape index (κ2) is 7.04. The Morgan fingerprint density at radius 2 is 2.13 bits per heavy atom. The molecule has 3 N–H and O–H groups in total. The lowest BCUT2D eigenvalue weighted by Gasteiger charge is -2.09. The molecule has 1 aliphatic carbocycles. The molecule has 1 aromatic carbocycles. The zero-order valence-electron chi connectivity index (χ0n) is 13.0. The molecule has 2 amide bonds. The normalized spacial score (nSPS) is 15.3. The van der Waals surface area contributed by atoms with Crippen molar-refractivity contribution in [1.82, 2.24) is 20.6 Å². The number of carbonyl (C=O) groups is 2. The Balaban J connectivity index is 1.43. The molecule has 122 valence electrons. The second-order valence-corrected chi connectivity index (χ2v) is 7.04. The summed E-state index contributed by atoms with van der Waals surface area (Å²) in [5.41, 5.74) is 1.92. The van der Waals surface area contributed by atoms with Crippen molar-refractivity contribution in [1.29, 1.82) is 0 Å². The average Bonchev–Trinajstić information content (AvgIpc) is 3.25. The number of hydrogen-bond donors (Lipinski definition) is 3. The van der Waals surface area contributed by atoms with Crippen LogP contribution in [0.1, 0.15) is 30.8 Å². The van der Waals surface area contributed by atoms with Crippen molar-refractivity contribution in [2.75, 3.05) is 12.3 Å². The Hall–Kier alpha value is -2.02. The van der Waals surface area contributed by atoms with Gasteiger partial charge in [-0.25, -0.2) is 4.98 Å². The van der Waals surface area contributed by atoms with Gasteiger partial charge < -0.3 is 15.6 Å². The van der Waals surface area contributed by atoms with Crippen LogP contribution in [0.5, 0.6) is 0 Å². The first-order valence-corrected chi connectivity index (χ1v) is 8.79. The minimum absolute atomic E-state index is 0.0505. The van der Waals surface area contributed by atoms with Crippen molar-refractivity contribution < 1.29 is 9.59 Å². The van der Waals surface area contributed by atoms with Crippen LogP contribution in [0.3, 0.4) is 0 Å². The lowest BCUT2D eigenvalue weighted by Crippen LogP contribution is -2.38. The highest BCUT2D eigenvalue weighted by molar-refractivity contribution is 8.00. The van der Waals surface area contributed by atoms with Crippen LogP contribution in [-0.2, 0) is 9.59 Å². The number of amides is 2. The molecule has 7 heteroatoms. The largest absolute Gasteiger partial charge is 0.352 e. The minimum Gasteiger partial charge on any atom is -0.352 e. The third-order valence-electron chi connectivity index (χ3n) is 3.65. The smallest absolute Gasteiger partial charge is 0.239 e. The summed E-state index contributed by atoms with van der Waals surface area (Å²) in [6.45, 7) is 2.06. The first-order valence-electron chi connectivity index (χ1n) is 7.74. The number of fused-ring (bicyclic) bond motifs is 1. The molecule has 1 aliphatic rings. The predicted octanol–water partition coefficient (Wildman–Crippen LogP) is 1.75. The number of rotatable bonds is 7. The van der Waals surface area contributed by atoms with E-state index in [0.717, 1.165) is 29.7 Å². The molecule has 1 fully saturated rings. The van der Waals surface area contributed by atoms with Gasteiger partial charge in [-0.3, -0.25) is 9.59 Å². The molecular formula is C16H20N4O2S. The van der Waals surface area contributed by atoms with Gasteiger partial charge >= 0.3 is 0 Å². The first-order chi connectivity index (χ1) is 11.1. The molecule has 0 radical (unpaired) electrons. The van der Waals surface area contributed by atoms with Crippen molar-refractivity contribution in [2.45, 2.75) is 31.1 Å². The summed E-state index contributed by atoms with van der Waals surface area (Å²) in [6.07, 6.45) is 2.09. The van der Waals surface area contributed by atoms with Crippen molar-refractivity contribution >= 4 is 34.6 Å². The van der Waals surface area contributed by atoms with E-state index in [4.69, 9.17) is 0 Å². The van der Waals surface area contributed by atoms with E-state index in [1.807, 2.05) is 31.2 Å². The van der Waals surface area contributed by atoms with Crippen molar-refractivity contribution in [3.63, 3.8) is 0 Å². The number of nitrogens with zero attached hydrogens (tertiary/aromatic N) is 1. The maximum atomic E-state index is 11.8. The highest BCUT2D eigenvalue weighted by Gasteiger charge is 2.23. The van der Waals surface area contributed by atoms with E-state index in [-0.39, 0.29) is 23.6 Å². The number of benzene rings is 1. The summed E-state index contributed by atoms with van der Waals surface area (Å²) in [6, 6.07) is 8.17. The quantitative estimate of drug-likeness (QED) is 0.721. The van der Waals surface area contributed by atoms with Crippen molar-refractivity contribution in [2.24, 2.45) is 0 Å². The Morgan fingerprint density at radius 1 is 1.35 bits per heavy atom. The van der Waals surface area contributed by atoms with Crippen LogP contribution in [0.4, 0.5) is 0 Å². The molecular weight excluding hydrogens is 312 g/mol. The molecule has 1 atom stereocenters. The molecule has 0 unspecified atom stereocenters. The summed E-state index contributed by atoms with van der Waals surface area (Å²) in [4.78, 5) is 31.1. The number of aromatic amines is 1. The summed E-state index contributed by atoms with van der Waals surface area (Å²) in [5.74, 6) is 0.908. The van der Waals surface area contributed by atoms with Gasteiger partial charge in [0.2, 0.25) is 11.8 Å². The van der Waals surface area contributed by atoms with Crippen molar-refractivity contribution in [3.05, 3.63) is 30.1 Å². The number of aromatic nitrogens is 2. The van der Waals surface area contributed by atoms with E-state index in [1.54, 1.807) is 0 Å². The van der Waals surface area contributed by atoms with Gasteiger partial charge in [-0.05, 0) is 31.9 Å². The van der Waals surface area contributed by atoms with Gasteiger partial charge in [-0.1, -0.05) is 12.1 Å². The van der Waals surface area contributed by atoms with E-state index in [2.05, 4.69) is 20.6 Å². The van der Waals surface area contributed by atoms with E-state index in [0.29, 0.717) is 11.8 Å². The van der Waals surface area contributed by atoms with Gasteiger partial charge in [0.1, 0.15) is 5.82 Å². The highest BCUT2D eigenvalue weighted by Crippen LogP contribution is 2.27. The van der Waals surface area contributed by atoms with Crippen LogP contribution >= 0.6 is 11.8 Å². The zero-order valence-corrected chi connectivity index (χ0v) is 13.8. The van der Waals surface area contributed by atoms with E-state index in [1.165, 1.54) is 11.8 Å². The number of imidazole rings is 1. The highest BCUT2D eigenvalue weighted by atomic mass is 32.2. The van der Waals surface area contributed by atoms with Gasteiger partial charge in [-0.2, -0.15) is 0 Å². The molecule has 1 heterocycles. The van der Waals surface area contributed by atoms with Crippen LogP contribution in [0.25, 0.3) is 11.0 Å². The fraction of sp³-hybridized carbons (Fsp3) is 0.438. The molecule has 1 saturated carbocycles. The van der Waals surface area contributed by atoms with Crippen LogP contribution < -0.4 is 10.6 Å². The fourth-order valence-electron chi connectivity index (χ4n) is 2.18. The zero-order chi connectivity index (χ0) is 16.2. The number of hydrogen-bond acceptors (Lipinski definition) is 4. The van der Waals surface area contributed by atoms with Gasteiger partial charge in [0.25, 0.3) is 0 Å². The SMILES string of the molecule is C[C@H](SCC(=O)NCC(=O)NC1CC1)c1nc2ccccc2[nH]1. The lowest BCUT2D eigenvalue weighted by atomic mass is 10.3. The first kappa shape index (κ1) is 15.9. The topological polar surface area (TPSA) is 86.9 Å². The number of nitrogens with one attached hydrogen (secondary N) is 3. The maximum absolute atomic E-state index is 11.8. The summed E-state index contributed by atoms with van der Waals surface area (Å²) >= 11 is 1.49. The lowest BCUT2D eigenvalue weighted by molar-refractivity contribution is -0.124. The third kappa shape index (κ3) is 4.48.